The van der Waals surface area contributed by atoms with Gasteiger partial charge in [-0.3, -0.25) is 4.79 Å². The van der Waals surface area contributed by atoms with Crippen LogP contribution in [0.5, 0.6) is 0 Å². The van der Waals surface area contributed by atoms with Crippen LogP contribution in [0.4, 0.5) is 17.2 Å². The molecule has 0 saturated heterocycles. The maximum atomic E-state index is 11.4. The molecule has 0 aliphatic heterocycles. The average Bonchev–Trinajstić information content (AvgIpc) is 2.68. The molecule has 5 heteroatoms. The number of carbonyl (C=O) groups excluding carboxylic acids is 1. The molecule has 2 aromatic carbocycles. The van der Waals surface area contributed by atoms with Gasteiger partial charge in [-0.15, -0.1) is 0 Å². The molecule has 0 bridgehead atoms. The summed E-state index contributed by atoms with van der Waals surface area (Å²) in [6, 6.07) is 24.1. The molecule has 1 amide bonds. The van der Waals surface area contributed by atoms with Crippen LogP contribution in [0.15, 0.2) is 79.0 Å². The van der Waals surface area contributed by atoms with Gasteiger partial charge in [-0.25, -0.2) is 4.98 Å². The smallest absolute Gasteiger partial charge is 0.239 e. The van der Waals surface area contributed by atoms with Crippen molar-refractivity contribution < 1.29 is 4.79 Å². The number of pyridine rings is 1. The number of benzene rings is 2. The molecule has 5 nitrogen and oxygen atoms in total. The fourth-order valence-electron chi connectivity index (χ4n) is 2.52. The SMILES string of the molecule is NCC(=O)Nc1ccc(N(Cc2ccccc2)c2ccccc2)cn1. The minimum absolute atomic E-state index is 0.0619. The Morgan fingerprint density at radius 2 is 1.60 bits per heavy atom. The van der Waals surface area contributed by atoms with Crippen molar-refractivity contribution in [2.75, 3.05) is 16.8 Å². The summed E-state index contributed by atoms with van der Waals surface area (Å²) in [6.07, 6.45) is 1.75. The molecule has 25 heavy (non-hydrogen) atoms. The number of carbonyl (C=O) groups is 1. The summed E-state index contributed by atoms with van der Waals surface area (Å²) in [6.45, 7) is 0.661. The van der Waals surface area contributed by atoms with Crippen molar-refractivity contribution in [1.82, 2.24) is 4.98 Å². The average molecular weight is 332 g/mol. The first kappa shape index (κ1) is 16.7. The van der Waals surface area contributed by atoms with Crippen LogP contribution in [0.2, 0.25) is 0 Å². The molecule has 3 N–H and O–H groups in total. The number of anilines is 3. The van der Waals surface area contributed by atoms with Crippen LogP contribution in [-0.4, -0.2) is 17.4 Å². The Hall–Kier alpha value is -3.18. The van der Waals surface area contributed by atoms with Crippen LogP contribution in [0.3, 0.4) is 0 Å². The van der Waals surface area contributed by atoms with Gasteiger partial charge in [0.1, 0.15) is 5.82 Å². The van der Waals surface area contributed by atoms with E-state index >= 15 is 0 Å². The van der Waals surface area contributed by atoms with Crippen LogP contribution in [0.1, 0.15) is 5.56 Å². The van der Waals surface area contributed by atoms with E-state index in [-0.39, 0.29) is 12.5 Å². The molecular formula is C20H20N4O. The van der Waals surface area contributed by atoms with Crippen LogP contribution >= 0.6 is 0 Å². The van der Waals surface area contributed by atoms with Gasteiger partial charge in [-0.2, -0.15) is 0 Å². The minimum Gasteiger partial charge on any atom is -0.336 e. The Labute approximate surface area is 147 Å². The number of nitrogens with one attached hydrogen (secondary N) is 1. The number of nitrogens with zero attached hydrogens (tertiary/aromatic N) is 2. The van der Waals surface area contributed by atoms with Gasteiger partial charge in [0.25, 0.3) is 0 Å². The van der Waals surface area contributed by atoms with E-state index < -0.39 is 0 Å². The maximum absolute atomic E-state index is 11.4. The predicted molar refractivity (Wildman–Crippen MR) is 101 cm³/mol. The molecule has 0 atom stereocenters. The second-order valence-corrected chi connectivity index (χ2v) is 5.56. The van der Waals surface area contributed by atoms with E-state index in [2.05, 4.69) is 39.5 Å². The quantitative estimate of drug-likeness (QED) is 0.726. The van der Waals surface area contributed by atoms with Gasteiger partial charge in [0.05, 0.1) is 18.4 Å². The van der Waals surface area contributed by atoms with E-state index in [0.717, 1.165) is 17.9 Å². The van der Waals surface area contributed by atoms with Crippen LogP contribution < -0.4 is 16.0 Å². The number of hydrogen-bond acceptors (Lipinski definition) is 4. The van der Waals surface area contributed by atoms with Crippen LogP contribution in [0.25, 0.3) is 0 Å². The molecule has 1 heterocycles. The minimum atomic E-state index is -0.260. The van der Waals surface area contributed by atoms with Gasteiger partial charge in [-0.1, -0.05) is 48.5 Å². The van der Waals surface area contributed by atoms with Crippen LogP contribution in [0, 0.1) is 0 Å². The molecule has 0 saturated carbocycles. The lowest BCUT2D eigenvalue weighted by atomic mass is 10.2. The van der Waals surface area contributed by atoms with Crippen molar-refractivity contribution in [3.05, 3.63) is 84.6 Å². The third kappa shape index (κ3) is 4.43. The second kappa shape index (κ2) is 8.08. The van der Waals surface area contributed by atoms with Crippen molar-refractivity contribution in [2.24, 2.45) is 5.73 Å². The number of para-hydroxylation sites is 1. The summed E-state index contributed by atoms with van der Waals surface area (Å²) in [4.78, 5) is 17.9. The summed E-state index contributed by atoms with van der Waals surface area (Å²) in [7, 11) is 0. The van der Waals surface area contributed by atoms with Gasteiger partial charge in [0.2, 0.25) is 5.91 Å². The van der Waals surface area contributed by atoms with Crippen LogP contribution in [-0.2, 0) is 11.3 Å². The third-order valence-corrected chi connectivity index (χ3v) is 3.76. The zero-order chi connectivity index (χ0) is 17.5. The fourth-order valence-corrected chi connectivity index (χ4v) is 2.52. The second-order valence-electron chi connectivity index (χ2n) is 5.56. The molecule has 0 aliphatic carbocycles. The van der Waals surface area contributed by atoms with Gasteiger partial charge >= 0.3 is 0 Å². The van der Waals surface area contributed by atoms with Crippen molar-refractivity contribution in [2.45, 2.75) is 6.54 Å². The summed E-state index contributed by atoms with van der Waals surface area (Å²) in [5.41, 5.74) is 8.53. The molecule has 0 aliphatic rings. The van der Waals surface area contributed by atoms with E-state index in [0.29, 0.717) is 5.82 Å². The standard InChI is InChI=1S/C20H20N4O/c21-13-20(25)23-19-12-11-18(14-22-19)24(17-9-5-2-6-10-17)15-16-7-3-1-4-8-16/h1-12,14H,13,15,21H2,(H,22,23,25). The van der Waals surface area contributed by atoms with Gasteiger partial charge in [0, 0.05) is 12.2 Å². The molecule has 126 valence electrons. The Kier molecular flexibility index (Phi) is 5.39. The van der Waals surface area contributed by atoms with E-state index in [9.17, 15) is 4.79 Å². The van der Waals surface area contributed by atoms with Crippen molar-refractivity contribution in [3.63, 3.8) is 0 Å². The molecule has 0 fully saturated rings. The number of aromatic nitrogens is 1. The first-order valence-electron chi connectivity index (χ1n) is 8.09. The molecule has 1 aromatic heterocycles. The number of amides is 1. The van der Waals surface area contributed by atoms with E-state index in [1.807, 2.05) is 42.5 Å². The number of rotatable bonds is 6. The monoisotopic (exact) mass is 332 g/mol. The molecule has 3 aromatic rings. The Morgan fingerprint density at radius 1 is 0.920 bits per heavy atom. The highest BCUT2D eigenvalue weighted by atomic mass is 16.1. The number of hydrogen-bond donors (Lipinski definition) is 2. The molecule has 3 rings (SSSR count). The summed E-state index contributed by atoms with van der Waals surface area (Å²) in [5, 5.41) is 2.65. The topological polar surface area (TPSA) is 71.2 Å². The lowest BCUT2D eigenvalue weighted by Crippen LogP contribution is -2.22. The molecular weight excluding hydrogens is 312 g/mol. The van der Waals surface area contributed by atoms with Gasteiger partial charge in [-0.05, 0) is 29.8 Å². The third-order valence-electron chi connectivity index (χ3n) is 3.76. The fraction of sp³-hybridized carbons (Fsp3) is 0.100. The zero-order valence-corrected chi connectivity index (χ0v) is 13.8. The van der Waals surface area contributed by atoms with Gasteiger partial charge in [0.15, 0.2) is 0 Å². The molecule has 0 radical (unpaired) electrons. The van der Waals surface area contributed by atoms with E-state index in [4.69, 9.17) is 5.73 Å². The van der Waals surface area contributed by atoms with E-state index in [1.165, 1.54) is 5.56 Å². The van der Waals surface area contributed by atoms with Crippen molar-refractivity contribution in [1.29, 1.82) is 0 Å². The highest BCUT2D eigenvalue weighted by molar-refractivity contribution is 5.91. The highest BCUT2D eigenvalue weighted by Crippen LogP contribution is 2.27. The first-order valence-corrected chi connectivity index (χ1v) is 8.09. The lowest BCUT2D eigenvalue weighted by molar-refractivity contribution is -0.114. The van der Waals surface area contributed by atoms with Crippen molar-refractivity contribution >= 4 is 23.1 Å². The first-order chi connectivity index (χ1) is 12.3. The number of nitrogens with two attached hydrogens (primary N) is 1. The maximum Gasteiger partial charge on any atom is 0.239 e. The summed E-state index contributed by atoms with van der Waals surface area (Å²) in [5.74, 6) is 0.233. The van der Waals surface area contributed by atoms with E-state index in [1.54, 1.807) is 12.3 Å². The van der Waals surface area contributed by atoms with Crippen molar-refractivity contribution in [3.8, 4) is 0 Å². The van der Waals surface area contributed by atoms with Gasteiger partial charge < -0.3 is 16.0 Å². The predicted octanol–water partition coefficient (Wildman–Crippen LogP) is 3.32. The normalized spacial score (nSPS) is 10.3. The summed E-state index contributed by atoms with van der Waals surface area (Å²) < 4.78 is 0. The summed E-state index contributed by atoms with van der Waals surface area (Å²) >= 11 is 0. The zero-order valence-electron chi connectivity index (χ0n) is 13.8. The molecule has 0 spiro atoms. The molecule has 0 unspecified atom stereocenters. The Bertz CT molecular complexity index is 804. The lowest BCUT2D eigenvalue weighted by Gasteiger charge is -2.25. The Morgan fingerprint density at radius 3 is 2.20 bits per heavy atom. The largest absolute Gasteiger partial charge is 0.336 e. The highest BCUT2D eigenvalue weighted by Gasteiger charge is 2.11. The Balaban J connectivity index is 1.87.